The zero-order chi connectivity index (χ0) is 13.8. The van der Waals surface area contributed by atoms with Gasteiger partial charge in [0, 0.05) is 31.2 Å². The predicted octanol–water partition coefficient (Wildman–Crippen LogP) is 0.660. The van der Waals surface area contributed by atoms with Crippen molar-refractivity contribution in [2.24, 2.45) is 5.73 Å². The van der Waals surface area contributed by atoms with E-state index in [2.05, 4.69) is 32.5 Å². The molecule has 0 bridgehead atoms. The Morgan fingerprint density at radius 3 is 2.84 bits per heavy atom. The molecule has 0 radical (unpaired) electrons. The highest BCUT2D eigenvalue weighted by Gasteiger charge is 2.19. The largest absolute Gasteiger partial charge is 0.368 e. The lowest BCUT2D eigenvalue weighted by molar-refractivity contribution is 0.414. The van der Waals surface area contributed by atoms with Crippen LogP contribution >= 0.6 is 0 Å². The Bertz CT molecular complexity index is 420. The molecule has 19 heavy (non-hydrogen) atoms. The van der Waals surface area contributed by atoms with Crippen LogP contribution in [0.4, 0.5) is 11.6 Å². The number of nitrogens with one attached hydrogen (secondary N) is 2. The lowest BCUT2D eigenvalue weighted by Gasteiger charge is -2.15. The van der Waals surface area contributed by atoms with E-state index in [1.165, 1.54) is 0 Å². The number of anilines is 2. The molecule has 4 N–H and O–H groups in total. The molecule has 0 spiro atoms. The highest BCUT2D eigenvalue weighted by molar-refractivity contribution is 5.48. The van der Waals surface area contributed by atoms with Crippen molar-refractivity contribution < 1.29 is 0 Å². The molecule has 2 heterocycles. The summed E-state index contributed by atoms with van der Waals surface area (Å²) in [7, 11) is 2.14. The molecule has 2 rings (SSSR count). The van der Waals surface area contributed by atoms with Crippen molar-refractivity contribution in [3.8, 4) is 0 Å². The zero-order valence-electron chi connectivity index (χ0n) is 12.0. The van der Waals surface area contributed by atoms with E-state index < -0.39 is 0 Å². The van der Waals surface area contributed by atoms with Crippen LogP contribution in [0.1, 0.15) is 19.2 Å². The molecule has 2 unspecified atom stereocenters. The zero-order valence-corrected chi connectivity index (χ0v) is 12.0. The first-order valence-electron chi connectivity index (χ1n) is 6.83. The van der Waals surface area contributed by atoms with Gasteiger partial charge in [-0.15, -0.1) is 0 Å². The monoisotopic (exact) mass is 264 g/mol. The molecule has 1 fully saturated rings. The fourth-order valence-electron chi connectivity index (χ4n) is 2.26. The fourth-order valence-corrected chi connectivity index (χ4v) is 2.26. The number of nitrogens with two attached hydrogens (primary N) is 1. The molecule has 1 aliphatic heterocycles. The van der Waals surface area contributed by atoms with E-state index in [-0.39, 0.29) is 6.04 Å². The van der Waals surface area contributed by atoms with E-state index in [1.807, 2.05) is 19.9 Å². The molecule has 1 aliphatic rings. The quantitative estimate of drug-likeness (QED) is 0.725. The van der Waals surface area contributed by atoms with Gasteiger partial charge in [-0.1, -0.05) is 0 Å². The Labute approximate surface area is 114 Å². The molecule has 1 aromatic rings. The Hall–Kier alpha value is -1.40. The molecular weight excluding hydrogens is 240 g/mol. The van der Waals surface area contributed by atoms with Gasteiger partial charge in [0.2, 0.25) is 0 Å². The fraction of sp³-hybridized carbons (Fsp3) is 0.692. The summed E-state index contributed by atoms with van der Waals surface area (Å²) >= 11 is 0. The topological polar surface area (TPSA) is 79.1 Å². The van der Waals surface area contributed by atoms with Crippen molar-refractivity contribution in [2.75, 3.05) is 37.3 Å². The summed E-state index contributed by atoms with van der Waals surface area (Å²) in [4.78, 5) is 11.1. The maximum absolute atomic E-state index is 5.74. The summed E-state index contributed by atoms with van der Waals surface area (Å²) in [5.74, 6) is 2.49. The predicted molar refractivity (Wildman–Crippen MR) is 78.4 cm³/mol. The standard InChI is InChI=1S/C13H24N6/c1-9(14)7-15-12-6-13(17-10(2)16-12)18-11-4-5-19(3)8-11/h6,9,11H,4-5,7-8,14H2,1-3H3,(H2,15,16,17,18). The molecule has 0 aromatic carbocycles. The van der Waals surface area contributed by atoms with Crippen molar-refractivity contribution in [3.05, 3.63) is 11.9 Å². The minimum absolute atomic E-state index is 0.107. The summed E-state index contributed by atoms with van der Waals surface area (Å²) in [5, 5.41) is 6.71. The second kappa shape index (κ2) is 6.16. The van der Waals surface area contributed by atoms with Crippen molar-refractivity contribution in [2.45, 2.75) is 32.4 Å². The first kappa shape index (κ1) is 14.0. The maximum atomic E-state index is 5.74. The Morgan fingerprint density at radius 2 is 2.21 bits per heavy atom. The molecular formula is C13H24N6. The molecule has 6 heteroatoms. The van der Waals surface area contributed by atoms with E-state index in [9.17, 15) is 0 Å². The van der Waals surface area contributed by atoms with E-state index in [4.69, 9.17) is 5.73 Å². The Morgan fingerprint density at radius 1 is 1.47 bits per heavy atom. The van der Waals surface area contributed by atoms with Crippen LogP contribution in [0.25, 0.3) is 0 Å². The first-order chi connectivity index (χ1) is 9.02. The van der Waals surface area contributed by atoms with Gasteiger partial charge in [-0.3, -0.25) is 0 Å². The van der Waals surface area contributed by atoms with Gasteiger partial charge >= 0.3 is 0 Å². The van der Waals surface area contributed by atoms with E-state index >= 15 is 0 Å². The van der Waals surface area contributed by atoms with E-state index in [0.717, 1.165) is 37.0 Å². The van der Waals surface area contributed by atoms with Gasteiger partial charge in [-0.05, 0) is 33.9 Å². The van der Waals surface area contributed by atoms with Crippen LogP contribution in [0.3, 0.4) is 0 Å². The molecule has 1 saturated heterocycles. The number of aryl methyl sites for hydroxylation is 1. The first-order valence-corrected chi connectivity index (χ1v) is 6.83. The number of hydrogen-bond donors (Lipinski definition) is 3. The lowest BCUT2D eigenvalue weighted by atomic mass is 10.2. The molecule has 0 aliphatic carbocycles. The normalized spacial score (nSPS) is 21.4. The summed E-state index contributed by atoms with van der Waals surface area (Å²) in [6.45, 7) is 6.78. The van der Waals surface area contributed by atoms with Crippen molar-refractivity contribution in [3.63, 3.8) is 0 Å². The van der Waals surface area contributed by atoms with Crippen LogP contribution < -0.4 is 16.4 Å². The van der Waals surface area contributed by atoms with E-state index in [0.29, 0.717) is 12.6 Å². The molecule has 0 amide bonds. The number of hydrogen-bond acceptors (Lipinski definition) is 6. The third kappa shape index (κ3) is 4.33. The highest BCUT2D eigenvalue weighted by atomic mass is 15.2. The van der Waals surface area contributed by atoms with Crippen LogP contribution in [0.15, 0.2) is 6.07 Å². The average molecular weight is 264 g/mol. The van der Waals surface area contributed by atoms with Gasteiger partial charge < -0.3 is 21.3 Å². The van der Waals surface area contributed by atoms with Crippen molar-refractivity contribution >= 4 is 11.6 Å². The van der Waals surface area contributed by atoms with Gasteiger partial charge in [0.05, 0.1) is 0 Å². The number of aromatic nitrogens is 2. The van der Waals surface area contributed by atoms with Crippen LogP contribution in [-0.4, -0.2) is 53.6 Å². The van der Waals surface area contributed by atoms with Crippen LogP contribution in [0.5, 0.6) is 0 Å². The SMILES string of the molecule is Cc1nc(NCC(C)N)cc(NC2CCN(C)C2)n1. The lowest BCUT2D eigenvalue weighted by Crippen LogP contribution is -2.26. The summed E-state index contributed by atoms with van der Waals surface area (Å²) in [6, 6.07) is 2.53. The summed E-state index contributed by atoms with van der Waals surface area (Å²) < 4.78 is 0. The van der Waals surface area contributed by atoms with Gasteiger partial charge in [-0.25, -0.2) is 9.97 Å². The molecule has 1 aromatic heterocycles. The molecule has 2 atom stereocenters. The minimum Gasteiger partial charge on any atom is -0.368 e. The van der Waals surface area contributed by atoms with Gasteiger partial charge in [0.1, 0.15) is 17.5 Å². The van der Waals surface area contributed by atoms with Crippen molar-refractivity contribution in [1.29, 1.82) is 0 Å². The molecule has 106 valence electrons. The smallest absolute Gasteiger partial charge is 0.132 e. The van der Waals surface area contributed by atoms with Crippen LogP contribution in [-0.2, 0) is 0 Å². The number of likely N-dealkylation sites (N-methyl/N-ethyl adjacent to an activating group) is 1. The number of rotatable bonds is 5. The van der Waals surface area contributed by atoms with Crippen LogP contribution in [0.2, 0.25) is 0 Å². The van der Waals surface area contributed by atoms with Crippen molar-refractivity contribution in [1.82, 2.24) is 14.9 Å². The third-order valence-electron chi connectivity index (χ3n) is 3.19. The molecule has 0 saturated carbocycles. The van der Waals surface area contributed by atoms with E-state index in [1.54, 1.807) is 0 Å². The number of nitrogens with zero attached hydrogens (tertiary/aromatic N) is 3. The maximum Gasteiger partial charge on any atom is 0.132 e. The second-order valence-electron chi connectivity index (χ2n) is 5.44. The highest BCUT2D eigenvalue weighted by Crippen LogP contribution is 2.16. The van der Waals surface area contributed by atoms with Gasteiger partial charge in [0.15, 0.2) is 0 Å². The van der Waals surface area contributed by atoms with Gasteiger partial charge in [0.25, 0.3) is 0 Å². The number of likely N-dealkylation sites (tertiary alicyclic amines) is 1. The Balaban J connectivity index is 1.99. The molecule has 6 nitrogen and oxygen atoms in total. The summed E-state index contributed by atoms with van der Waals surface area (Å²) in [6.07, 6.45) is 1.15. The second-order valence-corrected chi connectivity index (χ2v) is 5.44. The average Bonchev–Trinajstić information content (AvgIpc) is 2.71. The Kier molecular flexibility index (Phi) is 4.55. The minimum atomic E-state index is 0.107. The third-order valence-corrected chi connectivity index (χ3v) is 3.19. The summed E-state index contributed by atoms with van der Waals surface area (Å²) in [5.41, 5.74) is 5.74. The van der Waals surface area contributed by atoms with Gasteiger partial charge in [-0.2, -0.15) is 0 Å². The van der Waals surface area contributed by atoms with Crippen LogP contribution in [0, 0.1) is 6.92 Å².